The summed E-state index contributed by atoms with van der Waals surface area (Å²) in [7, 11) is 0. The van der Waals surface area contributed by atoms with Crippen LogP contribution in [-0.4, -0.2) is 6.29 Å². The number of para-hydroxylation sites is 1. The number of aldehydes is 1. The number of carbonyl (C=O) groups is 1. The Bertz CT molecular complexity index is 1080. The van der Waals surface area contributed by atoms with Crippen molar-refractivity contribution in [2.45, 2.75) is 6.92 Å². The fourth-order valence-electron chi connectivity index (χ4n) is 2.56. The zero-order valence-corrected chi connectivity index (χ0v) is 13.2. The van der Waals surface area contributed by atoms with Crippen LogP contribution in [0.15, 0.2) is 45.6 Å². The zero-order chi connectivity index (χ0) is 15.3. The van der Waals surface area contributed by atoms with E-state index in [1.807, 2.05) is 31.2 Å². The van der Waals surface area contributed by atoms with E-state index < -0.39 is 0 Å². The van der Waals surface area contributed by atoms with E-state index in [1.54, 1.807) is 12.1 Å². The molecule has 0 spiro atoms. The molecule has 0 unspecified atom stereocenters. The number of hydrogen-bond acceptors (Lipinski definition) is 5. The molecule has 108 valence electrons. The number of thiophene rings is 2. The highest BCUT2D eigenvalue weighted by molar-refractivity contribution is 7.24. The summed E-state index contributed by atoms with van der Waals surface area (Å²) in [5.74, 6) is 0. The van der Waals surface area contributed by atoms with E-state index >= 15 is 0 Å². The lowest BCUT2D eigenvalue weighted by atomic mass is 10.1. The number of hydrogen-bond donors (Lipinski definition) is 0. The highest BCUT2D eigenvalue weighted by Crippen LogP contribution is 2.40. The van der Waals surface area contributed by atoms with Crippen LogP contribution in [0.4, 0.5) is 0 Å². The van der Waals surface area contributed by atoms with Crippen molar-refractivity contribution in [3.05, 3.63) is 56.4 Å². The van der Waals surface area contributed by atoms with E-state index in [2.05, 4.69) is 0 Å². The van der Waals surface area contributed by atoms with Crippen molar-refractivity contribution in [1.29, 1.82) is 0 Å². The van der Waals surface area contributed by atoms with Crippen LogP contribution >= 0.6 is 22.7 Å². The van der Waals surface area contributed by atoms with E-state index in [4.69, 9.17) is 4.42 Å². The number of fused-ring (bicyclic) bond motifs is 2. The van der Waals surface area contributed by atoms with Crippen molar-refractivity contribution in [3.8, 4) is 9.75 Å². The Balaban J connectivity index is 2.14. The number of rotatable bonds is 2. The van der Waals surface area contributed by atoms with Gasteiger partial charge in [0.2, 0.25) is 5.43 Å². The Morgan fingerprint density at radius 3 is 2.68 bits per heavy atom. The molecule has 0 bridgehead atoms. The van der Waals surface area contributed by atoms with Crippen LogP contribution in [0.1, 0.15) is 14.5 Å². The molecule has 5 heteroatoms. The van der Waals surface area contributed by atoms with Gasteiger partial charge in [-0.15, -0.1) is 22.7 Å². The van der Waals surface area contributed by atoms with Gasteiger partial charge in [0.15, 0.2) is 11.9 Å². The average molecular weight is 326 g/mol. The molecule has 3 heterocycles. The van der Waals surface area contributed by atoms with Crippen molar-refractivity contribution < 1.29 is 9.21 Å². The number of aryl methyl sites for hydroxylation is 1. The first-order valence-electron chi connectivity index (χ1n) is 6.69. The normalized spacial score (nSPS) is 11.3. The molecule has 0 radical (unpaired) electrons. The van der Waals surface area contributed by atoms with E-state index in [0.717, 1.165) is 20.9 Å². The second-order valence-electron chi connectivity index (χ2n) is 4.94. The molecule has 4 rings (SSSR count). The lowest BCUT2D eigenvalue weighted by Crippen LogP contribution is -2.01. The van der Waals surface area contributed by atoms with Gasteiger partial charge in [0, 0.05) is 9.75 Å². The first kappa shape index (κ1) is 13.4. The molecule has 0 aliphatic carbocycles. The van der Waals surface area contributed by atoms with Crippen LogP contribution in [0, 0.1) is 6.92 Å². The van der Waals surface area contributed by atoms with Crippen molar-refractivity contribution in [2.75, 3.05) is 0 Å². The van der Waals surface area contributed by atoms with E-state index in [9.17, 15) is 9.59 Å². The fourth-order valence-corrected chi connectivity index (χ4v) is 4.58. The molecule has 0 saturated heterocycles. The van der Waals surface area contributed by atoms with Crippen molar-refractivity contribution in [2.24, 2.45) is 0 Å². The highest BCUT2D eigenvalue weighted by atomic mass is 32.1. The summed E-state index contributed by atoms with van der Waals surface area (Å²) >= 11 is 2.92. The maximum absolute atomic E-state index is 12.9. The third-order valence-electron chi connectivity index (χ3n) is 3.57. The minimum Gasteiger partial charge on any atom is -0.455 e. The monoisotopic (exact) mass is 326 g/mol. The quantitative estimate of drug-likeness (QED) is 0.494. The van der Waals surface area contributed by atoms with Gasteiger partial charge in [-0.3, -0.25) is 9.59 Å². The highest BCUT2D eigenvalue weighted by Gasteiger charge is 2.19. The van der Waals surface area contributed by atoms with E-state index in [1.165, 1.54) is 22.7 Å². The van der Waals surface area contributed by atoms with Crippen LogP contribution in [-0.2, 0) is 0 Å². The second-order valence-corrected chi connectivity index (χ2v) is 7.28. The molecule has 4 aromatic rings. The first-order chi connectivity index (χ1) is 10.7. The van der Waals surface area contributed by atoms with Gasteiger partial charge in [-0.1, -0.05) is 12.1 Å². The van der Waals surface area contributed by atoms with Crippen LogP contribution in [0.2, 0.25) is 0 Å². The van der Waals surface area contributed by atoms with E-state index in [0.29, 0.717) is 26.8 Å². The molecule has 0 aliphatic heterocycles. The Morgan fingerprint density at radius 1 is 1.09 bits per heavy atom. The van der Waals surface area contributed by atoms with Crippen LogP contribution in [0.5, 0.6) is 0 Å². The fraction of sp³-hybridized carbons (Fsp3) is 0.0588. The Morgan fingerprint density at radius 2 is 1.91 bits per heavy atom. The van der Waals surface area contributed by atoms with Crippen LogP contribution in [0.25, 0.3) is 31.7 Å². The SMILES string of the molecule is Cc1sc(-c2ccc(C=O)s2)c2c(=O)c3ccccc3oc12. The second kappa shape index (κ2) is 4.90. The molecule has 0 N–H and O–H groups in total. The molecule has 0 atom stereocenters. The van der Waals surface area contributed by atoms with Gasteiger partial charge in [0.25, 0.3) is 0 Å². The third kappa shape index (κ3) is 1.86. The summed E-state index contributed by atoms with van der Waals surface area (Å²) in [5, 5.41) is 1.20. The lowest BCUT2D eigenvalue weighted by Gasteiger charge is -1.99. The maximum Gasteiger partial charge on any atom is 0.202 e. The summed E-state index contributed by atoms with van der Waals surface area (Å²) in [4.78, 5) is 27.2. The first-order valence-corrected chi connectivity index (χ1v) is 8.32. The predicted octanol–water partition coefficient (Wildman–Crippen LogP) is 4.86. The Labute approximate surface area is 133 Å². The average Bonchev–Trinajstić information content (AvgIpc) is 3.13. The summed E-state index contributed by atoms with van der Waals surface area (Å²) in [6.45, 7) is 1.95. The molecule has 0 fully saturated rings. The molecule has 0 aliphatic rings. The third-order valence-corrected chi connectivity index (χ3v) is 5.84. The number of benzene rings is 1. The minimum atomic E-state index is -0.0164. The van der Waals surface area contributed by atoms with Gasteiger partial charge in [-0.25, -0.2) is 0 Å². The molecule has 1 aromatic carbocycles. The molecule has 0 amide bonds. The minimum absolute atomic E-state index is 0.0164. The summed E-state index contributed by atoms with van der Waals surface area (Å²) < 4.78 is 5.94. The molecular formula is C17H10O3S2. The van der Waals surface area contributed by atoms with Gasteiger partial charge in [-0.05, 0) is 31.2 Å². The number of carbonyl (C=O) groups excluding carboxylic acids is 1. The van der Waals surface area contributed by atoms with Crippen LogP contribution in [0.3, 0.4) is 0 Å². The molecule has 0 saturated carbocycles. The summed E-state index contributed by atoms with van der Waals surface area (Å²) in [6.07, 6.45) is 0.828. The van der Waals surface area contributed by atoms with Crippen molar-refractivity contribution >= 4 is 50.9 Å². The van der Waals surface area contributed by atoms with Gasteiger partial charge in [-0.2, -0.15) is 0 Å². The summed E-state index contributed by atoms with van der Waals surface area (Å²) in [5.41, 5.74) is 1.23. The van der Waals surface area contributed by atoms with E-state index in [-0.39, 0.29) is 5.43 Å². The predicted molar refractivity (Wildman–Crippen MR) is 91.3 cm³/mol. The van der Waals surface area contributed by atoms with Gasteiger partial charge in [0.1, 0.15) is 5.58 Å². The van der Waals surface area contributed by atoms with Gasteiger partial charge < -0.3 is 4.42 Å². The maximum atomic E-state index is 12.9. The van der Waals surface area contributed by atoms with Gasteiger partial charge >= 0.3 is 0 Å². The molecule has 22 heavy (non-hydrogen) atoms. The van der Waals surface area contributed by atoms with Crippen LogP contribution < -0.4 is 5.43 Å². The van der Waals surface area contributed by atoms with Crippen molar-refractivity contribution in [3.63, 3.8) is 0 Å². The van der Waals surface area contributed by atoms with Gasteiger partial charge in [0.05, 0.1) is 20.5 Å². The lowest BCUT2D eigenvalue weighted by molar-refractivity contribution is 0.112. The Hall–Kier alpha value is -2.24. The smallest absolute Gasteiger partial charge is 0.202 e. The molecule has 3 nitrogen and oxygen atoms in total. The molecule has 3 aromatic heterocycles. The standard InChI is InChI=1S/C17H10O3S2/c1-9-16-14(15(19)11-4-2-3-5-12(11)20-16)17(21-9)13-7-6-10(8-18)22-13/h2-8H,1H3. The zero-order valence-electron chi connectivity index (χ0n) is 11.6. The summed E-state index contributed by atoms with van der Waals surface area (Å²) in [6, 6.07) is 10.9. The van der Waals surface area contributed by atoms with Crippen molar-refractivity contribution in [1.82, 2.24) is 0 Å². The Kier molecular flexibility index (Phi) is 2.99. The molecular weight excluding hydrogens is 316 g/mol. The largest absolute Gasteiger partial charge is 0.455 e. The topological polar surface area (TPSA) is 47.3 Å².